The molecule has 2 fully saturated rings. The summed E-state index contributed by atoms with van der Waals surface area (Å²) in [4.78, 5) is 19.1. The van der Waals surface area contributed by atoms with Gasteiger partial charge in [0.05, 0.1) is 7.11 Å². The first kappa shape index (κ1) is 16.1. The van der Waals surface area contributed by atoms with E-state index in [-0.39, 0.29) is 11.9 Å². The summed E-state index contributed by atoms with van der Waals surface area (Å²) in [5.41, 5.74) is 1.14. The minimum atomic E-state index is -0.0524. The standard InChI is InChI=1S/C19H23N3O3/c1-24-15-9-4-13(5-10-15)6-11-17(23)22-12-2-3-16(22)19-20-18(21-25-19)14-7-8-14/h4-5,9-10,14,16H,2-3,6-8,11-12H2,1H3. The SMILES string of the molecule is COc1ccc(CCC(=O)N2CCCC2c2nc(C3CC3)no2)cc1. The van der Waals surface area contributed by atoms with Crippen LogP contribution in [-0.2, 0) is 11.2 Å². The highest BCUT2D eigenvalue weighted by Gasteiger charge is 2.36. The smallest absolute Gasteiger partial charge is 0.249 e. The molecule has 6 heteroatoms. The fourth-order valence-electron chi connectivity index (χ4n) is 3.40. The highest BCUT2D eigenvalue weighted by atomic mass is 16.5. The van der Waals surface area contributed by atoms with E-state index in [4.69, 9.17) is 9.26 Å². The first-order chi connectivity index (χ1) is 12.2. The normalized spacial score (nSPS) is 20.0. The second kappa shape index (κ2) is 6.86. The van der Waals surface area contributed by atoms with Gasteiger partial charge in [0.2, 0.25) is 11.8 Å². The Bertz CT molecular complexity index is 737. The number of aryl methyl sites for hydroxylation is 1. The zero-order valence-corrected chi connectivity index (χ0v) is 14.5. The molecule has 1 aromatic carbocycles. The van der Waals surface area contributed by atoms with Crippen molar-refractivity contribution in [2.45, 2.75) is 50.5 Å². The number of hydrogen-bond acceptors (Lipinski definition) is 5. The lowest BCUT2D eigenvalue weighted by atomic mass is 10.1. The zero-order chi connectivity index (χ0) is 17.2. The van der Waals surface area contributed by atoms with Crippen LogP contribution in [0.15, 0.2) is 28.8 Å². The van der Waals surface area contributed by atoms with Crippen LogP contribution in [0.1, 0.15) is 61.3 Å². The molecule has 1 aliphatic carbocycles. The van der Waals surface area contributed by atoms with E-state index >= 15 is 0 Å². The largest absolute Gasteiger partial charge is 0.497 e. The van der Waals surface area contributed by atoms with Gasteiger partial charge in [-0.25, -0.2) is 0 Å². The average Bonchev–Trinajstić information content (AvgIpc) is 3.18. The quantitative estimate of drug-likeness (QED) is 0.807. The number of hydrogen-bond donors (Lipinski definition) is 0. The van der Waals surface area contributed by atoms with Crippen LogP contribution in [0.2, 0.25) is 0 Å². The number of methoxy groups -OCH3 is 1. The average molecular weight is 341 g/mol. The number of benzene rings is 1. The van der Waals surface area contributed by atoms with E-state index in [1.54, 1.807) is 7.11 Å². The molecular weight excluding hydrogens is 318 g/mol. The Labute approximate surface area is 147 Å². The lowest BCUT2D eigenvalue weighted by molar-refractivity contribution is -0.132. The molecule has 4 rings (SSSR count). The van der Waals surface area contributed by atoms with Crippen molar-refractivity contribution < 1.29 is 14.1 Å². The topological polar surface area (TPSA) is 68.5 Å². The lowest BCUT2D eigenvalue weighted by Crippen LogP contribution is -2.30. The van der Waals surface area contributed by atoms with Gasteiger partial charge in [-0.2, -0.15) is 4.98 Å². The van der Waals surface area contributed by atoms with E-state index in [9.17, 15) is 4.79 Å². The van der Waals surface area contributed by atoms with Crippen molar-refractivity contribution in [2.24, 2.45) is 0 Å². The molecule has 0 N–H and O–H groups in total. The molecule has 132 valence electrons. The molecule has 25 heavy (non-hydrogen) atoms. The number of rotatable bonds is 6. The second-order valence-electron chi connectivity index (χ2n) is 6.86. The molecule has 2 aromatic rings. The van der Waals surface area contributed by atoms with Crippen LogP contribution in [0, 0.1) is 0 Å². The third kappa shape index (κ3) is 3.52. The van der Waals surface area contributed by atoms with E-state index in [0.717, 1.165) is 55.8 Å². The maximum Gasteiger partial charge on any atom is 0.249 e. The predicted molar refractivity (Wildman–Crippen MR) is 91.3 cm³/mol. The molecule has 1 aromatic heterocycles. The van der Waals surface area contributed by atoms with E-state index in [0.29, 0.717) is 18.2 Å². The summed E-state index contributed by atoms with van der Waals surface area (Å²) < 4.78 is 10.6. The van der Waals surface area contributed by atoms with Crippen LogP contribution < -0.4 is 4.74 Å². The maximum absolute atomic E-state index is 12.7. The molecular formula is C19H23N3O3. The molecule has 0 bridgehead atoms. The second-order valence-corrected chi connectivity index (χ2v) is 6.86. The molecule has 2 aliphatic rings. The highest BCUT2D eigenvalue weighted by molar-refractivity contribution is 5.77. The van der Waals surface area contributed by atoms with Gasteiger partial charge in [-0.05, 0) is 49.8 Å². The van der Waals surface area contributed by atoms with Gasteiger partial charge in [-0.15, -0.1) is 0 Å². The van der Waals surface area contributed by atoms with Crippen molar-refractivity contribution in [2.75, 3.05) is 13.7 Å². The van der Waals surface area contributed by atoms with Crippen LogP contribution in [0.25, 0.3) is 0 Å². The molecule has 1 saturated heterocycles. The van der Waals surface area contributed by atoms with Gasteiger partial charge in [-0.1, -0.05) is 17.3 Å². The van der Waals surface area contributed by atoms with Gasteiger partial charge in [-0.3, -0.25) is 4.79 Å². The van der Waals surface area contributed by atoms with Gasteiger partial charge in [0.25, 0.3) is 0 Å². The van der Waals surface area contributed by atoms with Gasteiger partial charge >= 0.3 is 0 Å². The summed E-state index contributed by atoms with van der Waals surface area (Å²) in [6.07, 6.45) is 5.40. The number of nitrogens with zero attached hydrogens (tertiary/aromatic N) is 3. The summed E-state index contributed by atoms with van der Waals surface area (Å²) in [7, 11) is 1.65. The van der Waals surface area contributed by atoms with Gasteiger partial charge in [0.15, 0.2) is 5.82 Å². The van der Waals surface area contributed by atoms with Crippen LogP contribution in [0.3, 0.4) is 0 Å². The third-order valence-electron chi connectivity index (χ3n) is 5.04. The molecule has 2 heterocycles. The number of amides is 1. The minimum absolute atomic E-state index is 0.0524. The molecule has 1 saturated carbocycles. The molecule has 1 amide bonds. The van der Waals surface area contributed by atoms with Crippen LogP contribution >= 0.6 is 0 Å². The molecule has 1 unspecified atom stereocenters. The summed E-state index contributed by atoms with van der Waals surface area (Å²) in [5.74, 6) is 2.88. The summed E-state index contributed by atoms with van der Waals surface area (Å²) in [6.45, 7) is 0.771. The van der Waals surface area contributed by atoms with Crippen molar-refractivity contribution in [3.63, 3.8) is 0 Å². The van der Waals surface area contributed by atoms with E-state index in [1.807, 2.05) is 29.2 Å². The first-order valence-electron chi connectivity index (χ1n) is 9.00. The molecule has 0 radical (unpaired) electrons. The van der Waals surface area contributed by atoms with Crippen LogP contribution in [0.4, 0.5) is 0 Å². The number of likely N-dealkylation sites (tertiary alicyclic amines) is 1. The lowest BCUT2D eigenvalue weighted by Gasteiger charge is -2.21. The van der Waals surface area contributed by atoms with E-state index in [1.165, 1.54) is 0 Å². The Balaban J connectivity index is 1.37. The van der Waals surface area contributed by atoms with Gasteiger partial charge < -0.3 is 14.2 Å². The number of carbonyl (C=O) groups excluding carboxylic acids is 1. The predicted octanol–water partition coefficient (Wildman–Crippen LogP) is 3.25. The fourth-order valence-corrected chi connectivity index (χ4v) is 3.40. The Morgan fingerprint density at radius 3 is 2.80 bits per heavy atom. The maximum atomic E-state index is 12.7. The Morgan fingerprint density at radius 1 is 1.28 bits per heavy atom. The van der Waals surface area contributed by atoms with E-state index in [2.05, 4.69) is 10.1 Å². The number of aromatic nitrogens is 2. The van der Waals surface area contributed by atoms with Crippen molar-refractivity contribution >= 4 is 5.91 Å². The fraction of sp³-hybridized carbons (Fsp3) is 0.526. The van der Waals surface area contributed by atoms with Crippen LogP contribution in [-0.4, -0.2) is 34.6 Å². The monoisotopic (exact) mass is 341 g/mol. The minimum Gasteiger partial charge on any atom is -0.497 e. The summed E-state index contributed by atoms with van der Waals surface area (Å²) in [5, 5.41) is 4.09. The summed E-state index contributed by atoms with van der Waals surface area (Å²) in [6, 6.07) is 7.82. The first-order valence-corrected chi connectivity index (χ1v) is 9.00. The zero-order valence-electron chi connectivity index (χ0n) is 14.5. The van der Waals surface area contributed by atoms with Crippen molar-refractivity contribution in [1.29, 1.82) is 0 Å². The van der Waals surface area contributed by atoms with E-state index < -0.39 is 0 Å². The van der Waals surface area contributed by atoms with Crippen molar-refractivity contribution in [3.05, 3.63) is 41.5 Å². The molecule has 0 spiro atoms. The number of ether oxygens (including phenoxy) is 1. The number of carbonyl (C=O) groups is 1. The van der Waals surface area contributed by atoms with Crippen molar-refractivity contribution in [3.8, 4) is 5.75 Å². The molecule has 6 nitrogen and oxygen atoms in total. The summed E-state index contributed by atoms with van der Waals surface area (Å²) >= 11 is 0. The molecule has 1 atom stereocenters. The van der Waals surface area contributed by atoms with Gasteiger partial charge in [0.1, 0.15) is 11.8 Å². The van der Waals surface area contributed by atoms with Gasteiger partial charge in [0, 0.05) is 18.9 Å². The third-order valence-corrected chi connectivity index (χ3v) is 5.04. The Hall–Kier alpha value is -2.37. The Morgan fingerprint density at radius 2 is 2.08 bits per heavy atom. The Kier molecular flexibility index (Phi) is 4.42. The van der Waals surface area contributed by atoms with Crippen LogP contribution in [0.5, 0.6) is 5.75 Å². The highest BCUT2D eigenvalue weighted by Crippen LogP contribution is 2.39. The van der Waals surface area contributed by atoms with Crippen molar-refractivity contribution in [1.82, 2.24) is 15.0 Å². The molecule has 1 aliphatic heterocycles.